The Morgan fingerprint density at radius 1 is 0.690 bits per heavy atom. The van der Waals surface area contributed by atoms with Gasteiger partial charge in [-0.25, -0.2) is 0 Å². The summed E-state index contributed by atoms with van der Waals surface area (Å²) < 4.78 is 2.68. The lowest BCUT2D eigenvalue weighted by Gasteiger charge is -2.37. The monoisotopic (exact) mass is 400 g/mol. The number of hydrogen-bond donors (Lipinski definition) is 1. The van der Waals surface area contributed by atoms with Crippen LogP contribution >= 0.6 is 8.07 Å². The van der Waals surface area contributed by atoms with Gasteiger partial charge >= 0.3 is 0 Å². The van der Waals surface area contributed by atoms with Crippen molar-refractivity contribution in [3.8, 4) is 0 Å². The van der Waals surface area contributed by atoms with Crippen LogP contribution in [0.4, 0.5) is 5.69 Å². The van der Waals surface area contributed by atoms with E-state index in [1.807, 2.05) is 0 Å². The minimum atomic E-state index is -0.651. The Labute approximate surface area is 176 Å². The molecule has 148 valence electrons. The minimum Gasteiger partial charge on any atom is -0.353 e. The number of nitrogens with zero attached hydrogens (tertiary/aromatic N) is 1. The summed E-state index contributed by atoms with van der Waals surface area (Å²) in [7, 11) is -0.651. The molecule has 4 rings (SSSR count). The Morgan fingerprint density at radius 3 is 1.69 bits per heavy atom. The number of fused-ring (bicyclic) bond motifs is 1. The molecule has 0 aromatic heterocycles. The topological polar surface area (TPSA) is 15.3 Å². The van der Waals surface area contributed by atoms with Crippen molar-refractivity contribution >= 4 is 24.6 Å². The molecule has 1 aliphatic heterocycles. The third kappa shape index (κ3) is 3.88. The molecule has 1 unspecified atom stereocenters. The van der Waals surface area contributed by atoms with Crippen molar-refractivity contribution in [1.82, 2.24) is 4.67 Å². The molecule has 0 saturated carbocycles. The normalized spacial score (nSPS) is 15.7. The third-order valence-corrected chi connectivity index (χ3v) is 8.24. The molecule has 1 heterocycles. The Morgan fingerprint density at radius 2 is 1.17 bits per heavy atom. The standard InChI is InChI=1S/C26H29N2P/c1-19(2)28(20(3)4)29-24-18-12-11-17-23(24)27-26(29)25(21-13-7-5-8-14-21)22-15-9-6-10-16-22/h5-20,27H,1-4H3. The fourth-order valence-electron chi connectivity index (χ4n) is 4.18. The molecule has 0 saturated heterocycles. The van der Waals surface area contributed by atoms with Gasteiger partial charge in [0.1, 0.15) is 0 Å². The smallest absolute Gasteiger partial charge is 0.0675 e. The first-order valence-electron chi connectivity index (χ1n) is 10.4. The highest BCUT2D eigenvalue weighted by Crippen LogP contribution is 2.58. The van der Waals surface area contributed by atoms with Crippen molar-refractivity contribution < 1.29 is 0 Å². The molecular weight excluding hydrogens is 371 g/mol. The molecule has 1 atom stereocenters. The summed E-state index contributed by atoms with van der Waals surface area (Å²) >= 11 is 0. The molecule has 0 aliphatic carbocycles. The Kier molecular flexibility index (Phi) is 5.85. The highest BCUT2D eigenvalue weighted by Gasteiger charge is 2.37. The zero-order valence-electron chi connectivity index (χ0n) is 17.6. The summed E-state index contributed by atoms with van der Waals surface area (Å²) in [6, 6.07) is 31.3. The Bertz CT molecular complexity index is 944. The highest BCUT2D eigenvalue weighted by molar-refractivity contribution is 7.69. The molecule has 3 aromatic rings. The molecule has 0 fully saturated rings. The van der Waals surface area contributed by atoms with Gasteiger partial charge in [-0.3, -0.25) is 4.67 Å². The zero-order valence-corrected chi connectivity index (χ0v) is 18.5. The number of hydrogen-bond acceptors (Lipinski definition) is 2. The van der Waals surface area contributed by atoms with Gasteiger partial charge in [-0.2, -0.15) is 0 Å². The van der Waals surface area contributed by atoms with Crippen LogP contribution in [-0.2, 0) is 0 Å². The SMILES string of the molecule is CC(C)N(C(C)C)P1C(=C(c2ccccc2)c2ccccc2)Nc2ccccc21. The predicted molar refractivity (Wildman–Crippen MR) is 128 cm³/mol. The molecule has 1 aliphatic rings. The summed E-state index contributed by atoms with van der Waals surface area (Å²) in [5, 5.41) is 5.26. The minimum absolute atomic E-state index is 0.455. The maximum atomic E-state index is 3.84. The second-order valence-corrected chi connectivity index (χ2v) is 9.99. The van der Waals surface area contributed by atoms with Gasteiger partial charge in [0, 0.05) is 36.7 Å². The molecular formula is C26H29N2P. The van der Waals surface area contributed by atoms with E-state index >= 15 is 0 Å². The quantitative estimate of drug-likeness (QED) is 0.481. The molecule has 2 nitrogen and oxygen atoms in total. The van der Waals surface area contributed by atoms with Crippen molar-refractivity contribution in [3.63, 3.8) is 0 Å². The largest absolute Gasteiger partial charge is 0.353 e. The van der Waals surface area contributed by atoms with Gasteiger partial charge in [-0.1, -0.05) is 78.9 Å². The number of para-hydroxylation sites is 1. The van der Waals surface area contributed by atoms with Crippen molar-refractivity contribution in [3.05, 3.63) is 101 Å². The van der Waals surface area contributed by atoms with Gasteiger partial charge in [0.25, 0.3) is 0 Å². The van der Waals surface area contributed by atoms with Crippen molar-refractivity contribution in [2.45, 2.75) is 39.8 Å². The first kappa shape index (κ1) is 19.9. The van der Waals surface area contributed by atoms with Crippen LogP contribution in [0.2, 0.25) is 0 Å². The predicted octanol–water partition coefficient (Wildman–Crippen LogP) is 6.67. The van der Waals surface area contributed by atoms with Crippen LogP contribution in [0, 0.1) is 0 Å². The van der Waals surface area contributed by atoms with E-state index in [1.165, 1.54) is 33.1 Å². The van der Waals surface area contributed by atoms with E-state index in [4.69, 9.17) is 0 Å². The average molecular weight is 401 g/mol. The number of rotatable bonds is 5. The number of anilines is 1. The lowest BCUT2D eigenvalue weighted by Crippen LogP contribution is -2.34. The maximum absolute atomic E-state index is 3.84. The fourth-order valence-corrected chi connectivity index (χ4v) is 7.11. The van der Waals surface area contributed by atoms with Crippen LogP contribution in [0.3, 0.4) is 0 Å². The van der Waals surface area contributed by atoms with Crippen LogP contribution in [0.25, 0.3) is 5.57 Å². The second-order valence-electron chi connectivity index (χ2n) is 7.98. The summed E-state index contributed by atoms with van der Waals surface area (Å²) in [5.41, 5.74) is 6.40. The molecule has 1 N–H and O–H groups in total. The van der Waals surface area contributed by atoms with Gasteiger partial charge in [-0.05, 0) is 44.9 Å². The summed E-state index contributed by atoms with van der Waals surface area (Å²) in [4.78, 5) is 0. The summed E-state index contributed by atoms with van der Waals surface area (Å²) in [6.07, 6.45) is 0. The summed E-state index contributed by atoms with van der Waals surface area (Å²) in [6.45, 7) is 9.24. The first-order chi connectivity index (χ1) is 14.1. The van der Waals surface area contributed by atoms with E-state index in [9.17, 15) is 0 Å². The fraction of sp³-hybridized carbons (Fsp3) is 0.231. The van der Waals surface area contributed by atoms with Gasteiger partial charge < -0.3 is 5.32 Å². The van der Waals surface area contributed by atoms with E-state index in [2.05, 4.69) is 123 Å². The van der Waals surface area contributed by atoms with Gasteiger partial charge in [0.15, 0.2) is 0 Å². The maximum Gasteiger partial charge on any atom is 0.0675 e. The zero-order chi connectivity index (χ0) is 20.4. The molecule has 0 amide bonds. The van der Waals surface area contributed by atoms with Crippen LogP contribution in [0.1, 0.15) is 38.8 Å². The molecule has 0 bridgehead atoms. The molecule has 3 aromatic carbocycles. The van der Waals surface area contributed by atoms with Crippen molar-refractivity contribution in [2.75, 3.05) is 5.32 Å². The van der Waals surface area contributed by atoms with E-state index in [-0.39, 0.29) is 0 Å². The van der Waals surface area contributed by atoms with Gasteiger partial charge in [0.05, 0.1) is 5.44 Å². The molecule has 0 radical (unpaired) electrons. The average Bonchev–Trinajstić information content (AvgIpc) is 3.08. The van der Waals surface area contributed by atoms with Crippen LogP contribution in [-0.4, -0.2) is 16.8 Å². The van der Waals surface area contributed by atoms with Crippen LogP contribution < -0.4 is 10.6 Å². The van der Waals surface area contributed by atoms with Crippen molar-refractivity contribution in [2.24, 2.45) is 0 Å². The lowest BCUT2D eigenvalue weighted by molar-refractivity contribution is 0.327. The Hall–Kier alpha value is -2.41. The Balaban J connectivity index is 2.00. The van der Waals surface area contributed by atoms with E-state index in [1.54, 1.807) is 0 Å². The van der Waals surface area contributed by atoms with Gasteiger partial charge in [-0.15, -0.1) is 0 Å². The lowest BCUT2D eigenvalue weighted by atomic mass is 9.99. The third-order valence-electron chi connectivity index (χ3n) is 5.25. The van der Waals surface area contributed by atoms with E-state index in [0.717, 1.165) is 0 Å². The van der Waals surface area contributed by atoms with E-state index < -0.39 is 8.07 Å². The van der Waals surface area contributed by atoms with Crippen LogP contribution in [0.15, 0.2) is 90.4 Å². The molecule has 3 heteroatoms. The summed E-state index contributed by atoms with van der Waals surface area (Å²) in [5.74, 6) is 0. The number of benzene rings is 3. The highest BCUT2D eigenvalue weighted by atomic mass is 31.1. The first-order valence-corrected chi connectivity index (χ1v) is 11.7. The molecule has 0 spiro atoms. The molecule has 29 heavy (non-hydrogen) atoms. The van der Waals surface area contributed by atoms with Gasteiger partial charge in [0.2, 0.25) is 0 Å². The van der Waals surface area contributed by atoms with E-state index in [0.29, 0.717) is 12.1 Å². The second kappa shape index (κ2) is 8.53. The van der Waals surface area contributed by atoms with Crippen LogP contribution in [0.5, 0.6) is 0 Å². The van der Waals surface area contributed by atoms with Crippen molar-refractivity contribution in [1.29, 1.82) is 0 Å². The number of nitrogens with one attached hydrogen (secondary N) is 1.